The van der Waals surface area contributed by atoms with Crippen molar-refractivity contribution in [2.45, 2.75) is 18.8 Å². The third-order valence-electron chi connectivity index (χ3n) is 3.48. The van der Waals surface area contributed by atoms with Gasteiger partial charge in [-0.15, -0.1) is 0 Å². The van der Waals surface area contributed by atoms with Gasteiger partial charge in [0.25, 0.3) is 0 Å². The van der Waals surface area contributed by atoms with Gasteiger partial charge in [0.05, 0.1) is 0 Å². The molecule has 2 aromatic rings. The zero-order valence-electron chi connectivity index (χ0n) is 10.5. The minimum atomic E-state index is 0.324. The minimum Gasteiger partial charge on any atom is -0.330 e. The number of rotatable bonds is 4. The maximum Gasteiger partial charge on any atom is 0.0406 e. The van der Waals surface area contributed by atoms with Crippen LogP contribution >= 0.6 is 11.6 Å². The summed E-state index contributed by atoms with van der Waals surface area (Å²) in [5.74, 6) is 0.724. The van der Waals surface area contributed by atoms with E-state index in [2.05, 4.69) is 43.3 Å². The van der Waals surface area contributed by atoms with E-state index >= 15 is 0 Å². The summed E-state index contributed by atoms with van der Waals surface area (Å²) in [7, 11) is 0. The first-order valence-corrected chi connectivity index (χ1v) is 6.60. The molecule has 0 spiro atoms. The van der Waals surface area contributed by atoms with E-state index in [9.17, 15) is 0 Å². The van der Waals surface area contributed by atoms with E-state index < -0.39 is 0 Å². The van der Waals surface area contributed by atoms with Gasteiger partial charge < -0.3 is 5.73 Å². The maximum atomic E-state index is 5.95. The number of halogens is 1. The topological polar surface area (TPSA) is 26.0 Å². The van der Waals surface area contributed by atoms with Gasteiger partial charge in [0.1, 0.15) is 0 Å². The molecule has 0 amide bonds. The summed E-state index contributed by atoms with van der Waals surface area (Å²) in [6.45, 7) is 2.86. The Bertz CT molecular complexity index is 478. The van der Waals surface area contributed by atoms with Crippen molar-refractivity contribution in [3.8, 4) is 0 Å². The minimum absolute atomic E-state index is 0.324. The molecule has 18 heavy (non-hydrogen) atoms. The second-order valence-electron chi connectivity index (χ2n) is 4.59. The summed E-state index contributed by atoms with van der Waals surface area (Å²) in [5, 5.41) is 0.766. The second-order valence-corrected chi connectivity index (χ2v) is 5.03. The van der Waals surface area contributed by atoms with Crippen molar-refractivity contribution in [2.24, 2.45) is 5.73 Å². The van der Waals surface area contributed by atoms with Crippen LogP contribution in [0.4, 0.5) is 0 Å². The molecule has 0 aliphatic rings. The van der Waals surface area contributed by atoms with Gasteiger partial charge >= 0.3 is 0 Å². The number of nitrogens with two attached hydrogens (primary N) is 1. The van der Waals surface area contributed by atoms with Crippen molar-refractivity contribution in [3.63, 3.8) is 0 Å². The largest absolute Gasteiger partial charge is 0.330 e. The van der Waals surface area contributed by atoms with Crippen LogP contribution in [0.25, 0.3) is 0 Å². The van der Waals surface area contributed by atoms with Crippen molar-refractivity contribution in [1.82, 2.24) is 0 Å². The monoisotopic (exact) mass is 259 g/mol. The van der Waals surface area contributed by atoms with Gasteiger partial charge in [-0.25, -0.2) is 0 Å². The second kappa shape index (κ2) is 6.03. The maximum absolute atomic E-state index is 5.95. The molecule has 2 atom stereocenters. The summed E-state index contributed by atoms with van der Waals surface area (Å²) >= 11 is 5.92. The molecule has 2 N–H and O–H groups in total. The smallest absolute Gasteiger partial charge is 0.0406 e. The lowest BCUT2D eigenvalue weighted by molar-refractivity contribution is 0.584. The molecular formula is C16H18ClN. The first kappa shape index (κ1) is 13.1. The molecule has 0 saturated carbocycles. The molecule has 2 unspecified atom stereocenters. The van der Waals surface area contributed by atoms with Gasteiger partial charge in [0, 0.05) is 10.9 Å². The van der Waals surface area contributed by atoms with E-state index in [0.717, 1.165) is 5.02 Å². The van der Waals surface area contributed by atoms with E-state index in [0.29, 0.717) is 18.4 Å². The average molecular weight is 260 g/mol. The fourth-order valence-electron chi connectivity index (χ4n) is 2.33. The van der Waals surface area contributed by atoms with Crippen LogP contribution < -0.4 is 5.73 Å². The molecule has 0 heterocycles. The Morgan fingerprint density at radius 2 is 1.56 bits per heavy atom. The van der Waals surface area contributed by atoms with E-state index in [1.165, 1.54) is 11.1 Å². The lowest BCUT2D eigenvalue weighted by atomic mass is 9.83. The predicted octanol–water partition coefficient (Wildman–Crippen LogP) is 4.19. The van der Waals surface area contributed by atoms with Gasteiger partial charge in [-0.2, -0.15) is 0 Å². The van der Waals surface area contributed by atoms with Crippen molar-refractivity contribution < 1.29 is 0 Å². The summed E-state index contributed by atoms with van der Waals surface area (Å²) in [6, 6.07) is 18.5. The molecule has 1 nitrogen and oxygen atoms in total. The summed E-state index contributed by atoms with van der Waals surface area (Å²) in [4.78, 5) is 0. The normalized spacial score (nSPS) is 14.2. The standard InChI is InChI=1S/C16H18ClN/c1-12(13-5-3-2-4-6-13)16(11-18)14-7-9-15(17)10-8-14/h2-10,12,16H,11,18H2,1H3. The molecule has 2 aromatic carbocycles. The van der Waals surface area contributed by atoms with Crippen LogP contribution in [-0.4, -0.2) is 6.54 Å². The van der Waals surface area contributed by atoms with Crippen LogP contribution in [-0.2, 0) is 0 Å². The molecule has 0 fully saturated rings. The highest BCUT2D eigenvalue weighted by Gasteiger charge is 2.19. The van der Waals surface area contributed by atoms with Gasteiger partial charge in [0.2, 0.25) is 0 Å². The lowest BCUT2D eigenvalue weighted by Gasteiger charge is -2.23. The molecule has 0 aliphatic heterocycles. The Morgan fingerprint density at radius 3 is 2.11 bits per heavy atom. The fourth-order valence-corrected chi connectivity index (χ4v) is 2.45. The van der Waals surface area contributed by atoms with Crippen molar-refractivity contribution in [1.29, 1.82) is 0 Å². The van der Waals surface area contributed by atoms with Crippen molar-refractivity contribution in [3.05, 3.63) is 70.7 Å². The Morgan fingerprint density at radius 1 is 0.944 bits per heavy atom. The third kappa shape index (κ3) is 2.92. The van der Waals surface area contributed by atoms with Crippen molar-refractivity contribution in [2.75, 3.05) is 6.54 Å². The Labute approximate surface area is 114 Å². The number of hydrogen-bond acceptors (Lipinski definition) is 1. The molecule has 2 rings (SSSR count). The van der Waals surface area contributed by atoms with E-state index in [1.807, 2.05) is 18.2 Å². The highest BCUT2D eigenvalue weighted by atomic mass is 35.5. The molecule has 0 aliphatic carbocycles. The number of benzene rings is 2. The van der Waals surface area contributed by atoms with E-state index in [-0.39, 0.29) is 0 Å². The molecule has 2 heteroatoms. The summed E-state index contributed by atoms with van der Waals surface area (Å²) in [5.41, 5.74) is 8.52. The third-order valence-corrected chi connectivity index (χ3v) is 3.73. The van der Waals surface area contributed by atoms with Crippen LogP contribution in [0, 0.1) is 0 Å². The fraction of sp³-hybridized carbons (Fsp3) is 0.250. The molecule has 0 saturated heterocycles. The highest BCUT2D eigenvalue weighted by Crippen LogP contribution is 2.32. The van der Waals surface area contributed by atoms with E-state index in [1.54, 1.807) is 0 Å². The van der Waals surface area contributed by atoms with Gasteiger partial charge in [-0.05, 0) is 35.7 Å². The summed E-state index contributed by atoms with van der Waals surface area (Å²) in [6.07, 6.45) is 0. The van der Waals surface area contributed by atoms with Crippen LogP contribution in [0.1, 0.15) is 29.9 Å². The zero-order chi connectivity index (χ0) is 13.0. The molecule has 94 valence electrons. The first-order valence-electron chi connectivity index (χ1n) is 6.23. The first-order chi connectivity index (χ1) is 8.72. The highest BCUT2D eigenvalue weighted by molar-refractivity contribution is 6.30. The molecule has 0 aromatic heterocycles. The Hall–Kier alpha value is -1.31. The molecular weight excluding hydrogens is 242 g/mol. The van der Waals surface area contributed by atoms with Crippen LogP contribution in [0.2, 0.25) is 5.02 Å². The zero-order valence-corrected chi connectivity index (χ0v) is 11.3. The van der Waals surface area contributed by atoms with Crippen LogP contribution in [0.3, 0.4) is 0 Å². The van der Waals surface area contributed by atoms with Crippen LogP contribution in [0.5, 0.6) is 0 Å². The van der Waals surface area contributed by atoms with E-state index in [4.69, 9.17) is 17.3 Å². The molecule has 0 bridgehead atoms. The Balaban J connectivity index is 2.26. The SMILES string of the molecule is CC(c1ccccc1)C(CN)c1ccc(Cl)cc1. The van der Waals surface area contributed by atoms with Crippen molar-refractivity contribution >= 4 is 11.6 Å². The lowest BCUT2D eigenvalue weighted by Crippen LogP contribution is -2.18. The summed E-state index contributed by atoms with van der Waals surface area (Å²) < 4.78 is 0. The molecule has 0 radical (unpaired) electrons. The van der Waals surface area contributed by atoms with Gasteiger partial charge in [0.15, 0.2) is 0 Å². The Kier molecular flexibility index (Phi) is 4.40. The predicted molar refractivity (Wildman–Crippen MR) is 78.1 cm³/mol. The van der Waals surface area contributed by atoms with Crippen LogP contribution in [0.15, 0.2) is 54.6 Å². The quantitative estimate of drug-likeness (QED) is 0.876. The average Bonchev–Trinajstić information content (AvgIpc) is 2.42. The van der Waals surface area contributed by atoms with Gasteiger partial charge in [-0.1, -0.05) is 61.0 Å². The number of hydrogen-bond donors (Lipinski definition) is 1. The van der Waals surface area contributed by atoms with Gasteiger partial charge in [-0.3, -0.25) is 0 Å².